The van der Waals surface area contributed by atoms with E-state index in [0.717, 1.165) is 31.3 Å². The summed E-state index contributed by atoms with van der Waals surface area (Å²) in [6, 6.07) is 0. The van der Waals surface area contributed by atoms with Crippen LogP contribution in [0.5, 0.6) is 5.88 Å². The molecule has 1 aromatic heterocycles. The minimum absolute atomic E-state index is 0.603. The van der Waals surface area contributed by atoms with Crippen LogP contribution in [0.25, 0.3) is 0 Å². The Morgan fingerprint density at radius 3 is 2.65 bits per heavy atom. The van der Waals surface area contributed by atoms with Crippen molar-refractivity contribution in [1.82, 2.24) is 15.3 Å². The number of rotatable bonds is 4. The van der Waals surface area contributed by atoms with Crippen LogP contribution < -0.4 is 10.1 Å². The molecule has 1 saturated carbocycles. The molecule has 0 atom stereocenters. The standard InChI is InChI=1S/C13H19N3O/c1-2-11(1)12-13(16-8-7-15-12)17-9-10-3-5-14-6-4-10/h7-8,10-11,14H,1-6,9H2. The van der Waals surface area contributed by atoms with Crippen LogP contribution in [0.15, 0.2) is 12.4 Å². The largest absolute Gasteiger partial charge is 0.476 e. The van der Waals surface area contributed by atoms with E-state index in [1.54, 1.807) is 12.4 Å². The van der Waals surface area contributed by atoms with Gasteiger partial charge in [-0.15, -0.1) is 0 Å². The van der Waals surface area contributed by atoms with Gasteiger partial charge in [0.2, 0.25) is 5.88 Å². The van der Waals surface area contributed by atoms with Gasteiger partial charge in [-0.2, -0.15) is 0 Å². The zero-order valence-electron chi connectivity index (χ0n) is 10.1. The van der Waals surface area contributed by atoms with Gasteiger partial charge in [-0.25, -0.2) is 4.98 Å². The van der Waals surface area contributed by atoms with Crippen molar-refractivity contribution in [1.29, 1.82) is 0 Å². The molecule has 3 rings (SSSR count). The van der Waals surface area contributed by atoms with Crippen LogP contribution in [0, 0.1) is 5.92 Å². The second-order valence-electron chi connectivity index (χ2n) is 5.03. The summed E-state index contributed by atoms with van der Waals surface area (Å²) in [7, 11) is 0. The Labute approximate surface area is 102 Å². The molecule has 2 fully saturated rings. The van der Waals surface area contributed by atoms with Gasteiger partial charge < -0.3 is 10.1 Å². The fraction of sp³-hybridized carbons (Fsp3) is 0.692. The minimum Gasteiger partial charge on any atom is -0.476 e. The van der Waals surface area contributed by atoms with Gasteiger partial charge in [0, 0.05) is 18.3 Å². The molecule has 0 radical (unpaired) electrons. The Morgan fingerprint density at radius 1 is 1.12 bits per heavy atom. The summed E-state index contributed by atoms with van der Waals surface area (Å²) < 4.78 is 5.88. The van der Waals surface area contributed by atoms with Crippen molar-refractivity contribution in [2.45, 2.75) is 31.6 Å². The number of nitrogens with one attached hydrogen (secondary N) is 1. The molecule has 1 aliphatic carbocycles. The van der Waals surface area contributed by atoms with E-state index < -0.39 is 0 Å². The van der Waals surface area contributed by atoms with E-state index >= 15 is 0 Å². The molecule has 0 spiro atoms. The molecule has 0 bridgehead atoms. The van der Waals surface area contributed by atoms with Crippen molar-refractivity contribution in [2.75, 3.05) is 19.7 Å². The topological polar surface area (TPSA) is 47.0 Å². The average Bonchev–Trinajstić information content (AvgIpc) is 3.22. The van der Waals surface area contributed by atoms with E-state index in [1.807, 2.05) is 0 Å². The molecule has 0 aromatic carbocycles. The van der Waals surface area contributed by atoms with Crippen molar-refractivity contribution >= 4 is 0 Å². The summed E-state index contributed by atoms with van der Waals surface area (Å²) in [5, 5.41) is 3.37. The maximum absolute atomic E-state index is 5.88. The molecule has 92 valence electrons. The molecule has 4 heteroatoms. The fourth-order valence-electron chi connectivity index (χ4n) is 2.33. The van der Waals surface area contributed by atoms with Gasteiger partial charge in [-0.3, -0.25) is 4.98 Å². The second-order valence-corrected chi connectivity index (χ2v) is 5.03. The third-order valence-corrected chi connectivity index (χ3v) is 3.57. The second kappa shape index (κ2) is 5.00. The summed E-state index contributed by atoms with van der Waals surface area (Å²) in [6.45, 7) is 3.02. The Kier molecular flexibility index (Phi) is 3.22. The van der Waals surface area contributed by atoms with Crippen LogP contribution in [-0.4, -0.2) is 29.7 Å². The van der Waals surface area contributed by atoms with Crippen molar-refractivity contribution in [3.05, 3.63) is 18.1 Å². The maximum atomic E-state index is 5.88. The first kappa shape index (κ1) is 11.0. The summed E-state index contributed by atoms with van der Waals surface area (Å²) in [6.07, 6.45) is 8.39. The molecule has 1 aliphatic heterocycles. The van der Waals surface area contributed by atoms with Crippen molar-refractivity contribution < 1.29 is 4.74 Å². The average molecular weight is 233 g/mol. The number of ether oxygens (including phenoxy) is 1. The van der Waals surface area contributed by atoms with Crippen LogP contribution in [-0.2, 0) is 0 Å². The molecule has 17 heavy (non-hydrogen) atoms. The predicted molar refractivity (Wildman–Crippen MR) is 65.1 cm³/mol. The number of hydrogen-bond donors (Lipinski definition) is 1. The van der Waals surface area contributed by atoms with Crippen LogP contribution >= 0.6 is 0 Å². The predicted octanol–water partition coefficient (Wildman–Crippen LogP) is 1.73. The minimum atomic E-state index is 0.603. The number of nitrogens with zero attached hydrogens (tertiary/aromatic N) is 2. The third-order valence-electron chi connectivity index (χ3n) is 3.57. The van der Waals surface area contributed by atoms with Crippen LogP contribution in [0.4, 0.5) is 0 Å². The van der Waals surface area contributed by atoms with Gasteiger partial charge in [0.05, 0.1) is 6.61 Å². The molecule has 1 saturated heterocycles. The first-order valence-electron chi connectivity index (χ1n) is 6.58. The van der Waals surface area contributed by atoms with Crippen LogP contribution in [0.1, 0.15) is 37.3 Å². The fourth-order valence-corrected chi connectivity index (χ4v) is 2.33. The number of aromatic nitrogens is 2. The van der Waals surface area contributed by atoms with Crippen molar-refractivity contribution in [2.24, 2.45) is 5.92 Å². The summed E-state index contributed by atoms with van der Waals surface area (Å²) in [4.78, 5) is 8.73. The van der Waals surface area contributed by atoms with Gasteiger partial charge in [-0.1, -0.05) is 0 Å². The molecule has 1 N–H and O–H groups in total. The smallest absolute Gasteiger partial charge is 0.235 e. The monoisotopic (exact) mass is 233 g/mol. The first-order valence-corrected chi connectivity index (χ1v) is 6.58. The van der Waals surface area contributed by atoms with Gasteiger partial charge in [-0.05, 0) is 44.7 Å². The van der Waals surface area contributed by atoms with Crippen molar-refractivity contribution in [3.8, 4) is 5.88 Å². The number of hydrogen-bond acceptors (Lipinski definition) is 4. The van der Waals surface area contributed by atoms with Gasteiger partial charge in [0.15, 0.2) is 0 Å². The lowest BCUT2D eigenvalue weighted by Gasteiger charge is -2.22. The Bertz CT molecular complexity index is 373. The molecular formula is C13H19N3O. The summed E-state index contributed by atoms with van der Waals surface area (Å²) in [5.41, 5.74) is 1.07. The molecular weight excluding hydrogens is 214 g/mol. The molecule has 0 amide bonds. The first-order chi connectivity index (χ1) is 8.43. The Morgan fingerprint density at radius 2 is 1.88 bits per heavy atom. The van der Waals surface area contributed by atoms with E-state index in [-0.39, 0.29) is 0 Å². The zero-order valence-corrected chi connectivity index (χ0v) is 10.1. The molecule has 4 nitrogen and oxygen atoms in total. The quantitative estimate of drug-likeness (QED) is 0.860. The highest BCUT2D eigenvalue weighted by atomic mass is 16.5. The van der Waals surface area contributed by atoms with Gasteiger partial charge in [0.1, 0.15) is 5.69 Å². The highest BCUT2D eigenvalue weighted by molar-refractivity contribution is 5.25. The SMILES string of the molecule is c1cnc(C2CC2)c(OCC2CCNCC2)n1. The zero-order chi connectivity index (χ0) is 11.5. The van der Waals surface area contributed by atoms with E-state index in [9.17, 15) is 0 Å². The normalized spacial score (nSPS) is 21.4. The highest BCUT2D eigenvalue weighted by Gasteiger charge is 2.29. The lowest BCUT2D eigenvalue weighted by Crippen LogP contribution is -2.30. The van der Waals surface area contributed by atoms with E-state index in [4.69, 9.17) is 4.74 Å². The Balaban J connectivity index is 1.60. The van der Waals surface area contributed by atoms with E-state index in [1.165, 1.54) is 25.7 Å². The van der Waals surface area contributed by atoms with Crippen molar-refractivity contribution in [3.63, 3.8) is 0 Å². The lowest BCUT2D eigenvalue weighted by molar-refractivity contribution is 0.206. The highest BCUT2D eigenvalue weighted by Crippen LogP contribution is 2.42. The van der Waals surface area contributed by atoms with Crippen LogP contribution in [0.3, 0.4) is 0 Å². The van der Waals surface area contributed by atoms with E-state index in [0.29, 0.717) is 11.8 Å². The summed E-state index contributed by atoms with van der Waals surface area (Å²) in [5.74, 6) is 2.05. The van der Waals surface area contributed by atoms with Gasteiger partial charge in [0.25, 0.3) is 0 Å². The molecule has 2 aliphatic rings. The molecule has 2 heterocycles. The maximum Gasteiger partial charge on any atom is 0.235 e. The van der Waals surface area contributed by atoms with Crippen LogP contribution in [0.2, 0.25) is 0 Å². The van der Waals surface area contributed by atoms with E-state index in [2.05, 4.69) is 15.3 Å². The number of piperidine rings is 1. The Hall–Kier alpha value is -1.16. The van der Waals surface area contributed by atoms with Gasteiger partial charge >= 0.3 is 0 Å². The molecule has 1 aromatic rings. The molecule has 0 unspecified atom stereocenters. The lowest BCUT2D eigenvalue weighted by atomic mass is 9.99. The summed E-state index contributed by atoms with van der Waals surface area (Å²) >= 11 is 0. The third kappa shape index (κ3) is 2.75.